The molecule has 0 aromatic heterocycles. The van der Waals surface area contributed by atoms with Crippen LogP contribution in [0.5, 0.6) is 0 Å². The van der Waals surface area contributed by atoms with Gasteiger partial charge in [0.15, 0.2) is 0 Å². The number of aliphatic hydroxyl groups is 1. The monoisotopic (exact) mass is 339 g/mol. The molecular weight excluding hydrogens is 302 g/mol. The first-order valence-corrected chi connectivity index (χ1v) is 9.79. The maximum Gasteiger partial charge on any atom is 0.252 e. The number of carbonyl (C=O) groups is 2. The van der Waals surface area contributed by atoms with Crippen molar-refractivity contribution in [3.05, 3.63) is 12.2 Å². The molecule has 0 aliphatic heterocycles. The van der Waals surface area contributed by atoms with Crippen LogP contribution < -0.4 is 5.32 Å². The first-order chi connectivity index (χ1) is 11.7. The molecule has 4 nitrogen and oxygen atoms in total. The summed E-state index contributed by atoms with van der Waals surface area (Å²) in [6.45, 7) is 1.62. The molecule has 0 fully saturated rings. The quantitative estimate of drug-likeness (QED) is 0.317. The summed E-state index contributed by atoms with van der Waals surface area (Å²) in [4.78, 5) is 22.1. The van der Waals surface area contributed by atoms with Gasteiger partial charge in [-0.3, -0.25) is 14.9 Å². The van der Waals surface area contributed by atoms with Gasteiger partial charge in [0.1, 0.15) is 6.61 Å². The van der Waals surface area contributed by atoms with Crippen molar-refractivity contribution in [2.24, 2.45) is 0 Å². The van der Waals surface area contributed by atoms with Crippen molar-refractivity contribution in [1.82, 2.24) is 5.32 Å². The zero-order valence-corrected chi connectivity index (χ0v) is 15.5. The number of hydrogen-bond donors (Lipinski definition) is 2. The van der Waals surface area contributed by atoms with E-state index in [1.807, 2.05) is 0 Å². The molecular formula is C20H37NO3. The Morgan fingerprint density at radius 3 is 1.79 bits per heavy atom. The zero-order chi connectivity index (χ0) is 17.9. The van der Waals surface area contributed by atoms with E-state index in [1.54, 1.807) is 0 Å². The fourth-order valence-corrected chi connectivity index (χ4v) is 2.61. The maximum atomic E-state index is 11.3. The SMILES string of the molecule is CCCCCCCCC=CCCCCCCCC(=O)NC(=O)CO. The highest BCUT2D eigenvalue weighted by atomic mass is 16.3. The standard InChI is InChI=1S/C20H37NO3/c1-2-3-4-5-6-7-8-9-10-11-12-13-14-15-16-17-19(23)21-20(24)18-22/h9-10,22H,2-8,11-18H2,1H3,(H,21,23,24). The molecule has 140 valence electrons. The Morgan fingerprint density at radius 1 is 0.750 bits per heavy atom. The second kappa shape index (κ2) is 18.2. The molecule has 0 radical (unpaired) electrons. The van der Waals surface area contributed by atoms with Crippen molar-refractivity contribution in [2.75, 3.05) is 6.61 Å². The van der Waals surface area contributed by atoms with Crippen molar-refractivity contribution in [3.8, 4) is 0 Å². The molecule has 24 heavy (non-hydrogen) atoms. The number of hydrogen-bond acceptors (Lipinski definition) is 3. The van der Waals surface area contributed by atoms with Crippen LogP contribution in [-0.4, -0.2) is 23.5 Å². The van der Waals surface area contributed by atoms with Crippen LogP contribution in [0.2, 0.25) is 0 Å². The van der Waals surface area contributed by atoms with E-state index in [2.05, 4.69) is 24.4 Å². The number of unbranched alkanes of at least 4 members (excludes halogenated alkanes) is 11. The molecule has 0 unspecified atom stereocenters. The number of nitrogens with one attached hydrogen (secondary N) is 1. The van der Waals surface area contributed by atoms with Gasteiger partial charge in [-0.25, -0.2) is 0 Å². The van der Waals surface area contributed by atoms with Gasteiger partial charge in [-0.1, -0.05) is 70.4 Å². The van der Waals surface area contributed by atoms with Crippen molar-refractivity contribution in [1.29, 1.82) is 0 Å². The van der Waals surface area contributed by atoms with Crippen LogP contribution in [0.1, 0.15) is 96.8 Å². The van der Waals surface area contributed by atoms with Gasteiger partial charge in [0.2, 0.25) is 5.91 Å². The van der Waals surface area contributed by atoms with E-state index in [1.165, 1.54) is 57.8 Å². The van der Waals surface area contributed by atoms with Gasteiger partial charge < -0.3 is 5.11 Å². The lowest BCUT2D eigenvalue weighted by Gasteiger charge is -2.02. The molecule has 0 spiro atoms. The number of rotatable bonds is 16. The predicted molar refractivity (Wildman–Crippen MR) is 99.7 cm³/mol. The van der Waals surface area contributed by atoms with Gasteiger partial charge in [-0.2, -0.15) is 0 Å². The zero-order valence-electron chi connectivity index (χ0n) is 15.5. The second-order valence-corrected chi connectivity index (χ2v) is 6.46. The molecule has 0 atom stereocenters. The van der Waals surface area contributed by atoms with Crippen molar-refractivity contribution in [3.63, 3.8) is 0 Å². The van der Waals surface area contributed by atoms with Gasteiger partial charge in [0, 0.05) is 6.42 Å². The summed E-state index contributed by atoms with van der Waals surface area (Å²) in [5.74, 6) is -0.903. The average molecular weight is 340 g/mol. The number of imide groups is 1. The van der Waals surface area contributed by atoms with Gasteiger partial charge in [-0.05, 0) is 32.1 Å². The Labute approximate surface area is 148 Å². The largest absolute Gasteiger partial charge is 0.387 e. The van der Waals surface area contributed by atoms with Crippen LogP contribution >= 0.6 is 0 Å². The second-order valence-electron chi connectivity index (χ2n) is 6.46. The fraction of sp³-hybridized carbons (Fsp3) is 0.800. The molecule has 4 heteroatoms. The molecule has 0 aliphatic rings. The molecule has 2 amide bonds. The van der Waals surface area contributed by atoms with Gasteiger partial charge in [0.05, 0.1) is 0 Å². The van der Waals surface area contributed by atoms with E-state index in [4.69, 9.17) is 5.11 Å². The number of amides is 2. The highest BCUT2D eigenvalue weighted by Gasteiger charge is 2.05. The van der Waals surface area contributed by atoms with E-state index < -0.39 is 12.5 Å². The van der Waals surface area contributed by atoms with Crippen LogP contribution in [0.25, 0.3) is 0 Å². The summed E-state index contributed by atoms with van der Waals surface area (Å²) in [5.41, 5.74) is 0. The third-order valence-corrected chi connectivity index (χ3v) is 4.09. The molecule has 0 bridgehead atoms. The Bertz CT molecular complexity index is 340. The number of allylic oxidation sites excluding steroid dienone is 2. The van der Waals surface area contributed by atoms with E-state index in [9.17, 15) is 9.59 Å². The lowest BCUT2D eigenvalue weighted by Crippen LogP contribution is -2.32. The first kappa shape index (κ1) is 22.8. The van der Waals surface area contributed by atoms with Crippen LogP contribution in [0.3, 0.4) is 0 Å². The summed E-state index contributed by atoms with van der Waals surface area (Å²) < 4.78 is 0. The number of carbonyl (C=O) groups excluding carboxylic acids is 2. The van der Waals surface area contributed by atoms with Gasteiger partial charge in [0.25, 0.3) is 5.91 Å². The molecule has 0 rings (SSSR count). The summed E-state index contributed by atoms with van der Waals surface area (Å²) in [5, 5.41) is 10.7. The van der Waals surface area contributed by atoms with E-state index >= 15 is 0 Å². The molecule has 0 saturated carbocycles. The Morgan fingerprint density at radius 2 is 1.25 bits per heavy atom. The van der Waals surface area contributed by atoms with Crippen LogP contribution in [0.15, 0.2) is 12.2 Å². The molecule has 0 aromatic carbocycles. The smallest absolute Gasteiger partial charge is 0.252 e. The maximum absolute atomic E-state index is 11.3. The van der Waals surface area contributed by atoms with E-state index in [0.29, 0.717) is 6.42 Å². The highest BCUT2D eigenvalue weighted by molar-refractivity contribution is 5.95. The minimum Gasteiger partial charge on any atom is -0.387 e. The summed E-state index contributed by atoms with van der Waals surface area (Å²) in [6.07, 6.45) is 20.9. The Hall–Kier alpha value is -1.16. The minimum absolute atomic E-state index is 0.285. The summed E-state index contributed by atoms with van der Waals surface area (Å²) in [6, 6.07) is 0. The van der Waals surface area contributed by atoms with Gasteiger partial charge in [-0.15, -0.1) is 0 Å². The molecule has 0 heterocycles. The van der Waals surface area contributed by atoms with Crippen LogP contribution in [0, 0.1) is 0 Å². The third-order valence-electron chi connectivity index (χ3n) is 4.09. The first-order valence-electron chi connectivity index (χ1n) is 9.79. The van der Waals surface area contributed by atoms with Gasteiger partial charge >= 0.3 is 0 Å². The number of aliphatic hydroxyl groups excluding tert-OH is 1. The van der Waals surface area contributed by atoms with Crippen molar-refractivity contribution < 1.29 is 14.7 Å². The van der Waals surface area contributed by atoms with E-state index in [0.717, 1.165) is 25.7 Å². The lowest BCUT2D eigenvalue weighted by molar-refractivity contribution is -0.132. The fourth-order valence-electron chi connectivity index (χ4n) is 2.61. The van der Waals surface area contributed by atoms with E-state index in [-0.39, 0.29) is 5.91 Å². The summed E-state index contributed by atoms with van der Waals surface area (Å²) >= 11 is 0. The molecule has 0 aliphatic carbocycles. The van der Waals surface area contributed by atoms with Crippen molar-refractivity contribution in [2.45, 2.75) is 96.8 Å². The van der Waals surface area contributed by atoms with Crippen molar-refractivity contribution >= 4 is 11.8 Å². The summed E-state index contributed by atoms with van der Waals surface area (Å²) in [7, 11) is 0. The molecule has 2 N–H and O–H groups in total. The minimum atomic E-state index is -0.627. The van der Waals surface area contributed by atoms with Crippen LogP contribution in [-0.2, 0) is 9.59 Å². The third kappa shape index (κ3) is 17.2. The Balaban J connectivity index is 3.23. The normalized spacial score (nSPS) is 11.1. The molecule has 0 aromatic rings. The lowest BCUT2D eigenvalue weighted by atomic mass is 10.1. The van der Waals surface area contributed by atoms with Crippen LogP contribution in [0.4, 0.5) is 0 Å². The highest BCUT2D eigenvalue weighted by Crippen LogP contribution is 2.09. The Kier molecular flexibility index (Phi) is 17.3. The average Bonchev–Trinajstić information content (AvgIpc) is 2.58. The molecule has 0 saturated heterocycles. The topological polar surface area (TPSA) is 66.4 Å². The predicted octanol–water partition coefficient (Wildman–Crippen LogP) is 4.66.